The molecule has 6 rings (SSSR count). The lowest BCUT2D eigenvalue weighted by Crippen LogP contribution is -2.58. The van der Waals surface area contributed by atoms with Crippen molar-refractivity contribution < 1.29 is 14.7 Å². The molecule has 2 heterocycles. The summed E-state index contributed by atoms with van der Waals surface area (Å²) in [7, 11) is 0. The van der Waals surface area contributed by atoms with Gasteiger partial charge in [0.25, 0.3) is 0 Å². The van der Waals surface area contributed by atoms with E-state index in [2.05, 4.69) is 28.8 Å². The maximum Gasteiger partial charge on any atom is 0.184 e. The van der Waals surface area contributed by atoms with E-state index in [1.807, 2.05) is 12.3 Å². The van der Waals surface area contributed by atoms with Crippen LogP contribution < -0.4 is 0 Å². The molecule has 3 fully saturated rings. The lowest BCUT2D eigenvalue weighted by atomic mass is 9.46. The number of ketones is 2. The Balaban J connectivity index is 1.28. The smallest absolute Gasteiger partial charge is 0.184 e. The standard InChI is InChI=1S/C27H34N4O3S/c1-25-9-6-17(32)12-16(25)4-5-18-19(25)7-10-26(2)20(18)8-11-27(26,34)21(33)13-31-15-30-22-23(31)28-14-29-24(22)35-3/h12,14-15,18-20,34H,4-11,13H2,1-3H3/t18?,19?,20?,25-,26-,27?/m1/s1. The minimum Gasteiger partial charge on any atom is -0.381 e. The molecular weight excluding hydrogens is 460 g/mol. The number of carbonyl (C=O) groups excluding carboxylic acids is 2. The molecule has 0 aliphatic heterocycles. The average Bonchev–Trinajstić information content (AvgIpc) is 3.38. The van der Waals surface area contributed by atoms with E-state index in [1.165, 1.54) is 23.7 Å². The monoisotopic (exact) mass is 494 g/mol. The van der Waals surface area contributed by atoms with Gasteiger partial charge in [0.15, 0.2) is 17.2 Å². The molecular formula is C27H34N4O3S. The molecule has 4 aliphatic rings. The number of allylic oxidation sites excluding steroid dienone is 1. The topological polar surface area (TPSA) is 98.0 Å². The van der Waals surface area contributed by atoms with Crippen molar-refractivity contribution in [3.8, 4) is 0 Å². The van der Waals surface area contributed by atoms with E-state index >= 15 is 0 Å². The maximum absolute atomic E-state index is 13.8. The zero-order valence-electron chi connectivity index (χ0n) is 20.8. The van der Waals surface area contributed by atoms with Crippen molar-refractivity contribution in [2.75, 3.05) is 6.26 Å². The van der Waals surface area contributed by atoms with E-state index in [1.54, 1.807) is 10.9 Å². The summed E-state index contributed by atoms with van der Waals surface area (Å²) >= 11 is 1.50. The Kier molecular flexibility index (Phi) is 5.32. The van der Waals surface area contributed by atoms with Crippen LogP contribution in [0.4, 0.5) is 0 Å². The quantitative estimate of drug-likeness (QED) is 0.497. The van der Waals surface area contributed by atoms with E-state index in [-0.39, 0.29) is 23.5 Å². The minimum absolute atomic E-state index is 0.0704. The van der Waals surface area contributed by atoms with Crippen LogP contribution in [0.1, 0.15) is 65.2 Å². The number of nitrogens with zero attached hydrogens (tertiary/aromatic N) is 4. The Morgan fingerprint density at radius 2 is 1.91 bits per heavy atom. The Morgan fingerprint density at radius 3 is 2.71 bits per heavy atom. The summed E-state index contributed by atoms with van der Waals surface area (Å²) in [6.45, 7) is 4.60. The van der Waals surface area contributed by atoms with Crippen molar-refractivity contribution in [2.45, 2.75) is 82.4 Å². The molecule has 0 spiro atoms. The van der Waals surface area contributed by atoms with Crippen LogP contribution in [0.25, 0.3) is 11.2 Å². The second-order valence-electron chi connectivity index (χ2n) is 11.7. The highest BCUT2D eigenvalue weighted by Crippen LogP contribution is 2.67. The highest BCUT2D eigenvalue weighted by molar-refractivity contribution is 7.98. The fraction of sp³-hybridized carbons (Fsp3) is 0.667. The van der Waals surface area contributed by atoms with Crippen molar-refractivity contribution >= 4 is 34.5 Å². The first kappa shape index (κ1) is 23.3. The zero-order chi connectivity index (χ0) is 24.6. The van der Waals surface area contributed by atoms with Crippen LogP contribution in [0.2, 0.25) is 0 Å². The molecule has 1 N–H and O–H groups in total. The molecule has 35 heavy (non-hydrogen) atoms. The Hall–Kier alpha value is -2.06. The third-order valence-electron chi connectivity index (χ3n) is 10.4. The molecule has 0 bridgehead atoms. The van der Waals surface area contributed by atoms with Crippen molar-refractivity contribution in [1.82, 2.24) is 19.5 Å². The molecule has 3 saturated carbocycles. The second kappa shape index (κ2) is 7.97. The van der Waals surface area contributed by atoms with Gasteiger partial charge in [-0.05, 0) is 80.4 Å². The van der Waals surface area contributed by atoms with Gasteiger partial charge in [-0.1, -0.05) is 19.4 Å². The van der Waals surface area contributed by atoms with Gasteiger partial charge in [-0.25, -0.2) is 15.0 Å². The summed E-state index contributed by atoms with van der Waals surface area (Å²) in [4.78, 5) is 39.0. The number of aromatic nitrogens is 4. The lowest BCUT2D eigenvalue weighted by molar-refractivity contribution is -0.162. The van der Waals surface area contributed by atoms with E-state index in [0.717, 1.165) is 43.6 Å². The second-order valence-corrected chi connectivity index (χ2v) is 12.5. The summed E-state index contributed by atoms with van der Waals surface area (Å²) in [6.07, 6.45) is 13.9. The molecule has 7 nitrogen and oxygen atoms in total. The summed E-state index contributed by atoms with van der Waals surface area (Å²) in [5, 5.41) is 12.8. The van der Waals surface area contributed by atoms with Crippen LogP contribution in [-0.2, 0) is 16.1 Å². The molecule has 2 aromatic rings. The Labute approximate surface area is 210 Å². The van der Waals surface area contributed by atoms with Crippen molar-refractivity contribution in [1.29, 1.82) is 0 Å². The predicted molar refractivity (Wildman–Crippen MR) is 134 cm³/mol. The number of hydrogen-bond acceptors (Lipinski definition) is 7. The molecule has 0 radical (unpaired) electrons. The summed E-state index contributed by atoms with van der Waals surface area (Å²) in [5.41, 5.74) is 1.00. The molecule has 4 aliphatic carbocycles. The predicted octanol–water partition coefficient (Wildman–Crippen LogP) is 4.38. The molecule has 186 valence electrons. The molecule has 0 saturated heterocycles. The molecule has 4 unspecified atom stereocenters. The number of imidazole rings is 1. The summed E-state index contributed by atoms with van der Waals surface area (Å²) < 4.78 is 1.76. The van der Waals surface area contributed by atoms with Gasteiger partial charge in [0.1, 0.15) is 22.5 Å². The Morgan fingerprint density at radius 1 is 1.11 bits per heavy atom. The fourth-order valence-corrected chi connectivity index (χ4v) is 8.93. The van der Waals surface area contributed by atoms with Crippen LogP contribution in [0.3, 0.4) is 0 Å². The van der Waals surface area contributed by atoms with Crippen LogP contribution >= 0.6 is 11.8 Å². The number of hydrogen-bond donors (Lipinski definition) is 1. The first-order valence-electron chi connectivity index (χ1n) is 12.9. The van der Waals surface area contributed by atoms with E-state index in [4.69, 9.17) is 0 Å². The van der Waals surface area contributed by atoms with Gasteiger partial charge in [-0.3, -0.25) is 9.59 Å². The zero-order valence-corrected chi connectivity index (χ0v) is 21.6. The normalized spacial score (nSPS) is 38.6. The van der Waals surface area contributed by atoms with Crippen molar-refractivity contribution in [3.05, 3.63) is 24.3 Å². The third-order valence-corrected chi connectivity index (χ3v) is 11.1. The number of fused-ring (bicyclic) bond motifs is 6. The molecule has 0 amide bonds. The van der Waals surface area contributed by atoms with Crippen LogP contribution in [0.5, 0.6) is 0 Å². The lowest BCUT2D eigenvalue weighted by Gasteiger charge is -2.58. The van der Waals surface area contributed by atoms with E-state index < -0.39 is 11.0 Å². The molecule has 0 aromatic carbocycles. The van der Waals surface area contributed by atoms with Crippen LogP contribution in [0.15, 0.2) is 29.3 Å². The molecule has 8 heteroatoms. The Bertz CT molecular complexity index is 1260. The summed E-state index contributed by atoms with van der Waals surface area (Å²) in [6, 6.07) is 0. The van der Waals surface area contributed by atoms with Gasteiger partial charge in [0, 0.05) is 11.8 Å². The van der Waals surface area contributed by atoms with Gasteiger partial charge in [0.05, 0.1) is 12.9 Å². The number of rotatable bonds is 4. The maximum atomic E-state index is 13.8. The van der Waals surface area contributed by atoms with Gasteiger partial charge in [-0.2, -0.15) is 0 Å². The van der Waals surface area contributed by atoms with Gasteiger partial charge in [0.2, 0.25) is 0 Å². The highest BCUT2D eigenvalue weighted by Gasteiger charge is 2.66. The highest BCUT2D eigenvalue weighted by atomic mass is 32.2. The number of aliphatic hydroxyl groups is 1. The number of Topliss-reactive ketones (excluding diaryl/α,β-unsaturated/α-hetero) is 1. The SMILES string of the molecule is CSc1ncnc2c1ncn2CC(=O)C1(O)CCC2C3CCC4=CC(=O)CC[C@@]4(C)C3CC[C@]21C. The van der Waals surface area contributed by atoms with Gasteiger partial charge < -0.3 is 9.67 Å². The van der Waals surface area contributed by atoms with Crippen LogP contribution in [0, 0.1) is 28.6 Å². The first-order valence-corrected chi connectivity index (χ1v) is 14.1. The summed E-state index contributed by atoms with van der Waals surface area (Å²) in [5.74, 6) is 1.51. The van der Waals surface area contributed by atoms with Gasteiger partial charge >= 0.3 is 0 Å². The van der Waals surface area contributed by atoms with Crippen molar-refractivity contribution in [3.63, 3.8) is 0 Å². The number of thioether (sulfide) groups is 1. The van der Waals surface area contributed by atoms with Gasteiger partial charge in [-0.15, -0.1) is 11.8 Å². The first-order chi connectivity index (χ1) is 16.7. The van der Waals surface area contributed by atoms with Crippen LogP contribution in [-0.4, -0.2) is 48.0 Å². The molecule has 2 aromatic heterocycles. The largest absolute Gasteiger partial charge is 0.381 e. The van der Waals surface area contributed by atoms with E-state index in [0.29, 0.717) is 41.8 Å². The minimum atomic E-state index is -1.34. The van der Waals surface area contributed by atoms with Crippen molar-refractivity contribution in [2.24, 2.45) is 28.6 Å². The molecule has 6 atom stereocenters. The number of carbonyl (C=O) groups is 2. The van der Waals surface area contributed by atoms with E-state index in [9.17, 15) is 14.7 Å². The third kappa shape index (κ3) is 3.18. The average molecular weight is 495 g/mol. The fourth-order valence-electron chi connectivity index (χ4n) is 8.44.